The summed E-state index contributed by atoms with van der Waals surface area (Å²) in [4.78, 5) is 17.1. The number of para-hydroxylation sites is 1. The number of halogens is 2. The van der Waals surface area contributed by atoms with Crippen molar-refractivity contribution in [2.45, 2.75) is 56.5 Å². The summed E-state index contributed by atoms with van der Waals surface area (Å²) in [5.41, 5.74) is 5.95. The third kappa shape index (κ3) is 3.88. The molecule has 1 aromatic heterocycles. The first-order valence-electron chi connectivity index (χ1n) is 10.0. The van der Waals surface area contributed by atoms with E-state index in [1.54, 1.807) is 0 Å². The topological polar surface area (TPSA) is 91.7 Å². The average Bonchev–Trinajstić information content (AvgIpc) is 3.18. The molecule has 0 atom stereocenters. The van der Waals surface area contributed by atoms with Gasteiger partial charge in [-0.05, 0) is 44.6 Å². The number of carbonyl (C=O) groups excluding carboxylic acids is 1. The molecule has 2 aromatic rings. The zero-order valence-corrected chi connectivity index (χ0v) is 16.7. The second-order valence-corrected chi connectivity index (χ2v) is 7.84. The number of nitrogens with zero attached hydrogens (tertiary/aromatic N) is 3. The highest BCUT2D eigenvalue weighted by Gasteiger charge is 2.50. The van der Waals surface area contributed by atoms with Crippen LogP contribution < -0.4 is 10.5 Å². The van der Waals surface area contributed by atoms with E-state index in [1.165, 1.54) is 19.9 Å². The first-order valence-corrected chi connectivity index (χ1v) is 10.0. The summed E-state index contributed by atoms with van der Waals surface area (Å²) in [6.45, 7) is 0. The highest BCUT2D eigenvalue weighted by Crippen LogP contribution is 2.51. The Bertz CT molecular complexity index is 963. The summed E-state index contributed by atoms with van der Waals surface area (Å²) in [6.07, 6.45) is 3.36. The van der Waals surface area contributed by atoms with E-state index < -0.39 is 17.8 Å². The highest BCUT2D eigenvalue weighted by molar-refractivity contribution is 5.96. The van der Waals surface area contributed by atoms with Crippen molar-refractivity contribution in [2.24, 2.45) is 17.9 Å². The molecule has 1 aromatic carbocycles. The Morgan fingerprint density at radius 2 is 2.00 bits per heavy atom. The van der Waals surface area contributed by atoms with Gasteiger partial charge in [-0.25, -0.2) is 13.6 Å². The fourth-order valence-electron chi connectivity index (χ4n) is 3.95. The van der Waals surface area contributed by atoms with Crippen molar-refractivity contribution < 1.29 is 23.1 Å². The molecule has 30 heavy (non-hydrogen) atoms. The van der Waals surface area contributed by atoms with Crippen LogP contribution in [0.2, 0.25) is 0 Å². The molecule has 9 heteroatoms. The van der Waals surface area contributed by atoms with Crippen LogP contribution >= 0.6 is 0 Å². The molecule has 4 rings (SSSR count). The number of ether oxygens (including phenoxy) is 1. The maximum atomic E-state index is 12.9. The lowest BCUT2D eigenvalue weighted by atomic mass is 9.94. The molecule has 2 N–H and O–H groups in total. The number of amidine groups is 1. The third-order valence-corrected chi connectivity index (χ3v) is 5.81. The predicted molar refractivity (Wildman–Crippen MR) is 105 cm³/mol. The minimum atomic E-state index is -2.75. The molecule has 1 heterocycles. The molecule has 0 radical (unpaired) electrons. The van der Waals surface area contributed by atoms with E-state index in [-0.39, 0.29) is 23.3 Å². The number of oxime groups is 1. The van der Waals surface area contributed by atoms with Gasteiger partial charge in [0.2, 0.25) is 0 Å². The number of benzene rings is 1. The first-order chi connectivity index (χ1) is 14.4. The molecule has 0 amide bonds. The number of hydrogen-bond acceptors (Lipinski definition) is 5. The largest absolute Gasteiger partial charge is 0.490 e. The summed E-state index contributed by atoms with van der Waals surface area (Å²) in [5.74, 6) is -0.00671. The van der Waals surface area contributed by atoms with Crippen LogP contribution in [0.3, 0.4) is 0 Å². The maximum Gasteiger partial charge on any atom is 0.385 e. The number of rotatable bonds is 7. The van der Waals surface area contributed by atoms with Gasteiger partial charge in [-0.2, -0.15) is 5.10 Å². The van der Waals surface area contributed by atoms with Crippen molar-refractivity contribution in [2.75, 3.05) is 0 Å². The first kappa shape index (κ1) is 20.3. The van der Waals surface area contributed by atoms with Gasteiger partial charge in [0.1, 0.15) is 11.4 Å². The molecular weight excluding hydrogens is 394 g/mol. The van der Waals surface area contributed by atoms with Gasteiger partial charge in [-0.1, -0.05) is 23.4 Å². The number of carbonyl (C=O) groups is 1. The minimum Gasteiger partial charge on any atom is -0.490 e. The van der Waals surface area contributed by atoms with Gasteiger partial charge in [0.25, 0.3) is 6.43 Å². The number of aromatic nitrogens is 2. The molecular formula is C21H24F2N4O3. The molecule has 0 unspecified atom stereocenters. The zero-order chi connectivity index (χ0) is 21.3. The molecule has 160 valence electrons. The van der Waals surface area contributed by atoms with E-state index in [2.05, 4.69) is 10.3 Å². The summed E-state index contributed by atoms with van der Waals surface area (Å²) >= 11 is 0. The van der Waals surface area contributed by atoms with Crippen LogP contribution in [0.1, 0.15) is 66.7 Å². The zero-order valence-electron chi connectivity index (χ0n) is 16.7. The van der Waals surface area contributed by atoms with E-state index >= 15 is 0 Å². The molecule has 0 aliphatic heterocycles. The fourth-order valence-corrected chi connectivity index (χ4v) is 3.95. The van der Waals surface area contributed by atoms with E-state index in [0.717, 1.165) is 47.7 Å². The van der Waals surface area contributed by atoms with Gasteiger partial charge >= 0.3 is 5.97 Å². The molecule has 2 fully saturated rings. The van der Waals surface area contributed by atoms with Crippen LogP contribution in [0.25, 0.3) is 0 Å². The molecule has 2 aliphatic rings. The number of hydrogen-bond donors (Lipinski definition) is 1. The monoisotopic (exact) mass is 418 g/mol. The Balaban J connectivity index is 1.50. The maximum absolute atomic E-state index is 12.9. The number of alkyl halides is 2. The molecule has 7 nitrogen and oxygen atoms in total. The van der Waals surface area contributed by atoms with Crippen molar-refractivity contribution in [1.82, 2.24) is 9.78 Å². The second kappa shape index (κ2) is 8.04. The molecule has 0 spiro atoms. The Hall–Kier alpha value is -2.97. The van der Waals surface area contributed by atoms with Crippen LogP contribution in [-0.4, -0.2) is 27.7 Å². The predicted octanol–water partition coefficient (Wildman–Crippen LogP) is 3.84. The molecule has 2 saturated carbocycles. The lowest BCUT2D eigenvalue weighted by molar-refractivity contribution is 0.0506. The summed E-state index contributed by atoms with van der Waals surface area (Å²) in [5, 5.41) is 7.57. The Labute approximate surface area is 172 Å². The standard InChI is InChI=1S/C21H24F2N4O3/c1-27-16(18(22)23)12-15(25-27)19(28)30-26-20(24)21(10-11-21)14-8-4-5-9-17(14)29-13-6-2-3-7-13/h4-5,8-9,12-13,18H,2-3,6-7,10-11H2,1H3,(H2,24,26). The van der Waals surface area contributed by atoms with Crippen molar-refractivity contribution in [3.8, 4) is 5.75 Å². The highest BCUT2D eigenvalue weighted by atomic mass is 19.3. The van der Waals surface area contributed by atoms with E-state index in [0.29, 0.717) is 0 Å². The van der Waals surface area contributed by atoms with Crippen LogP contribution in [0.4, 0.5) is 8.78 Å². The van der Waals surface area contributed by atoms with Crippen LogP contribution in [0, 0.1) is 0 Å². The Morgan fingerprint density at radius 1 is 1.30 bits per heavy atom. The number of aryl methyl sites for hydroxylation is 1. The summed E-state index contributed by atoms with van der Waals surface area (Å²) < 4.78 is 32.9. The van der Waals surface area contributed by atoms with Gasteiger partial charge < -0.3 is 15.3 Å². The normalized spacial score (nSPS) is 18.6. The Morgan fingerprint density at radius 3 is 2.63 bits per heavy atom. The Kier molecular flexibility index (Phi) is 5.44. The van der Waals surface area contributed by atoms with E-state index in [9.17, 15) is 13.6 Å². The van der Waals surface area contributed by atoms with Crippen molar-refractivity contribution in [3.63, 3.8) is 0 Å². The van der Waals surface area contributed by atoms with Gasteiger partial charge in [0.05, 0.1) is 11.5 Å². The van der Waals surface area contributed by atoms with Gasteiger partial charge in [-0.15, -0.1) is 0 Å². The molecule has 2 aliphatic carbocycles. The van der Waals surface area contributed by atoms with Crippen LogP contribution in [-0.2, 0) is 17.3 Å². The molecule has 0 saturated heterocycles. The SMILES string of the molecule is Cn1nc(C(=O)O/N=C(\N)C2(c3ccccc3OC3CCCC3)CC2)cc1C(F)F. The molecule has 0 bridgehead atoms. The van der Waals surface area contributed by atoms with Crippen LogP contribution in [0.5, 0.6) is 5.75 Å². The van der Waals surface area contributed by atoms with Gasteiger partial charge in [0, 0.05) is 18.7 Å². The fraction of sp³-hybridized carbons (Fsp3) is 0.476. The number of nitrogens with two attached hydrogens (primary N) is 1. The van der Waals surface area contributed by atoms with Crippen molar-refractivity contribution in [3.05, 3.63) is 47.3 Å². The van der Waals surface area contributed by atoms with Gasteiger partial charge in [0.15, 0.2) is 11.5 Å². The van der Waals surface area contributed by atoms with Gasteiger partial charge in [-0.3, -0.25) is 4.68 Å². The van der Waals surface area contributed by atoms with Crippen molar-refractivity contribution in [1.29, 1.82) is 0 Å². The quantitative estimate of drug-likeness (QED) is 0.319. The van der Waals surface area contributed by atoms with E-state index in [1.807, 2.05) is 24.3 Å². The van der Waals surface area contributed by atoms with Crippen LogP contribution in [0.15, 0.2) is 35.5 Å². The van der Waals surface area contributed by atoms with Crippen molar-refractivity contribution >= 4 is 11.8 Å². The minimum absolute atomic E-state index is 0.156. The third-order valence-electron chi connectivity index (χ3n) is 5.81. The average molecular weight is 418 g/mol. The lowest BCUT2D eigenvalue weighted by Gasteiger charge is -2.21. The smallest absolute Gasteiger partial charge is 0.385 e. The van der Waals surface area contributed by atoms with E-state index in [4.69, 9.17) is 15.3 Å². The second-order valence-electron chi connectivity index (χ2n) is 7.84. The lowest BCUT2D eigenvalue weighted by Crippen LogP contribution is -2.30. The summed E-state index contributed by atoms with van der Waals surface area (Å²) in [6, 6.07) is 8.69. The summed E-state index contributed by atoms with van der Waals surface area (Å²) in [7, 11) is 1.33.